The minimum absolute atomic E-state index is 0.303. The van der Waals surface area contributed by atoms with Crippen LogP contribution in [-0.4, -0.2) is 25.7 Å². The second-order valence-corrected chi connectivity index (χ2v) is 2.03. The Morgan fingerprint density at radius 3 is 3.25 bits per heavy atom. The molecule has 0 saturated carbocycles. The monoisotopic (exact) mass is 116 g/mol. The summed E-state index contributed by atoms with van der Waals surface area (Å²) in [6.07, 6.45) is 0.303. The SMILES string of the molecule is C[C@H]1CNCCNO1. The largest absolute Gasteiger partial charge is 0.313 e. The summed E-state index contributed by atoms with van der Waals surface area (Å²) in [5.41, 5.74) is 2.83. The molecule has 0 radical (unpaired) electrons. The van der Waals surface area contributed by atoms with Gasteiger partial charge in [-0.15, -0.1) is 0 Å². The molecule has 8 heavy (non-hydrogen) atoms. The fourth-order valence-electron chi connectivity index (χ4n) is 0.688. The van der Waals surface area contributed by atoms with Gasteiger partial charge >= 0.3 is 0 Å². The van der Waals surface area contributed by atoms with Crippen LogP contribution in [0.3, 0.4) is 0 Å². The molecule has 1 fully saturated rings. The number of nitrogens with one attached hydrogen (secondary N) is 2. The molecular weight excluding hydrogens is 104 g/mol. The van der Waals surface area contributed by atoms with Gasteiger partial charge in [0.2, 0.25) is 0 Å². The van der Waals surface area contributed by atoms with Crippen molar-refractivity contribution in [3.63, 3.8) is 0 Å². The van der Waals surface area contributed by atoms with Gasteiger partial charge < -0.3 is 5.32 Å². The van der Waals surface area contributed by atoms with Crippen LogP contribution < -0.4 is 10.8 Å². The Morgan fingerprint density at radius 1 is 1.50 bits per heavy atom. The van der Waals surface area contributed by atoms with Crippen molar-refractivity contribution in [1.29, 1.82) is 0 Å². The molecule has 2 N–H and O–H groups in total. The summed E-state index contributed by atoms with van der Waals surface area (Å²) in [7, 11) is 0. The van der Waals surface area contributed by atoms with Gasteiger partial charge in [-0.05, 0) is 6.92 Å². The first-order chi connectivity index (χ1) is 3.89. The standard InChI is InChI=1S/C5H12N2O/c1-5-4-6-2-3-7-8-5/h5-7H,2-4H2,1H3/t5-/m0/s1. The number of hydrogen-bond acceptors (Lipinski definition) is 3. The third-order valence-corrected chi connectivity index (χ3v) is 1.12. The van der Waals surface area contributed by atoms with Gasteiger partial charge in [-0.3, -0.25) is 4.84 Å². The molecule has 1 atom stereocenters. The zero-order valence-corrected chi connectivity index (χ0v) is 5.11. The average molecular weight is 116 g/mol. The van der Waals surface area contributed by atoms with Crippen LogP contribution in [0.5, 0.6) is 0 Å². The third kappa shape index (κ3) is 1.78. The molecule has 48 valence electrons. The molecular formula is C5H12N2O. The molecule has 3 nitrogen and oxygen atoms in total. The van der Waals surface area contributed by atoms with Crippen molar-refractivity contribution in [3.05, 3.63) is 0 Å². The smallest absolute Gasteiger partial charge is 0.0886 e. The van der Waals surface area contributed by atoms with Crippen molar-refractivity contribution >= 4 is 0 Å². The molecule has 0 unspecified atom stereocenters. The molecule has 1 rings (SSSR count). The highest BCUT2D eigenvalue weighted by Gasteiger charge is 2.03. The van der Waals surface area contributed by atoms with Crippen LogP contribution in [0, 0.1) is 0 Å². The molecule has 1 aliphatic rings. The maximum absolute atomic E-state index is 5.09. The highest BCUT2D eigenvalue weighted by molar-refractivity contribution is 4.57. The summed E-state index contributed by atoms with van der Waals surface area (Å²) < 4.78 is 0. The van der Waals surface area contributed by atoms with Crippen LogP contribution in [0.4, 0.5) is 0 Å². The summed E-state index contributed by atoms with van der Waals surface area (Å²) >= 11 is 0. The maximum Gasteiger partial charge on any atom is 0.0886 e. The maximum atomic E-state index is 5.09. The van der Waals surface area contributed by atoms with E-state index in [4.69, 9.17) is 4.84 Å². The third-order valence-electron chi connectivity index (χ3n) is 1.12. The van der Waals surface area contributed by atoms with Crippen LogP contribution in [0.15, 0.2) is 0 Å². The van der Waals surface area contributed by atoms with Crippen molar-refractivity contribution in [3.8, 4) is 0 Å². The van der Waals surface area contributed by atoms with Crippen LogP contribution >= 0.6 is 0 Å². The van der Waals surface area contributed by atoms with E-state index in [2.05, 4.69) is 10.8 Å². The van der Waals surface area contributed by atoms with Crippen molar-refractivity contribution in [2.24, 2.45) is 0 Å². The fourth-order valence-corrected chi connectivity index (χ4v) is 0.688. The predicted molar refractivity (Wildman–Crippen MR) is 31.4 cm³/mol. The van der Waals surface area contributed by atoms with E-state index in [9.17, 15) is 0 Å². The minimum Gasteiger partial charge on any atom is -0.313 e. The first-order valence-electron chi connectivity index (χ1n) is 2.99. The molecule has 0 aliphatic carbocycles. The van der Waals surface area contributed by atoms with Gasteiger partial charge in [0.1, 0.15) is 0 Å². The summed E-state index contributed by atoms with van der Waals surface area (Å²) in [6, 6.07) is 0. The van der Waals surface area contributed by atoms with Gasteiger partial charge in [0.15, 0.2) is 0 Å². The molecule has 0 bridgehead atoms. The van der Waals surface area contributed by atoms with E-state index < -0.39 is 0 Å². The van der Waals surface area contributed by atoms with E-state index in [1.165, 1.54) is 0 Å². The zero-order chi connectivity index (χ0) is 5.82. The Hall–Kier alpha value is -0.120. The molecule has 1 aliphatic heterocycles. The lowest BCUT2D eigenvalue weighted by atomic mass is 10.4. The van der Waals surface area contributed by atoms with Crippen molar-refractivity contribution < 1.29 is 4.84 Å². The molecule has 0 spiro atoms. The van der Waals surface area contributed by atoms with Crippen LogP contribution in [-0.2, 0) is 4.84 Å². The van der Waals surface area contributed by atoms with E-state index >= 15 is 0 Å². The van der Waals surface area contributed by atoms with Gasteiger partial charge in [-0.1, -0.05) is 0 Å². The summed E-state index contributed by atoms with van der Waals surface area (Å²) in [5, 5.41) is 3.21. The minimum atomic E-state index is 0.303. The van der Waals surface area contributed by atoms with Gasteiger partial charge in [-0.25, -0.2) is 5.48 Å². The van der Waals surface area contributed by atoms with Gasteiger partial charge in [0.25, 0.3) is 0 Å². The van der Waals surface area contributed by atoms with E-state index in [-0.39, 0.29) is 0 Å². The molecule has 1 heterocycles. The topological polar surface area (TPSA) is 33.3 Å². The normalized spacial score (nSPS) is 31.9. The Labute approximate surface area is 49.4 Å². The molecule has 1 saturated heterocycles. The lowest BCUT2D eigenvalue weighted by Crippen LogP contribution is -2.23. The number of hydroxylamine groups is 1. The van der Waals surface area contributed by atoms with E-state index in [0.29, 0.717) is 6.10 Å². The predicted octanol–water partition coefficient (Wildman–Crippen LogP) is -0.501. The Balaban J connectivity index is 2.17. The van der Waals surface area contributed by atoms with E-state index in [1.807, 2.05) is 6.92 Å². The zero-order valence-electron chi connectivity index (χ0n) is 5.11. The highest BCUT2D eigenvalue weighted by Crippen LogP contribution is 1.85. The van der Waals surface area contributed by atoms with Crippen LogP contribution in [0.1, 0.15) is 6.92 Å². The van der Waals surface area contributed by atoms with Gasteiger partial charge in [0.05, 0.1) is 6.10 Å². The van der Waals surface area contributed by atoms with E-state index in [0.717, 1.165) is 19.6 Å². The molecule has 0 aromatic rings. The Morgan fingerprint density at radius 2 is 2.38 bits per heavy atom. The van der Waals surface area contributed by atoms with Gasteiger partial charge in [-0.2, -0.15) is 0 Å². The Kier molecular flexibility index (Phi) is 2.27. The number of rotatable bonds is 0. The molecule has 3 heteroatoms. The van der Waals surface area contributed by atoms with Gasteiger partial charge in [0, 0.05) is 19.6 Å². The Bertz CT molecular complexity index is 59.4. The van der Waals surface area contributed by atoms with Crippen LogP contribution in [0.25, 0.3) is 0 Å². The molecule has 0 aromatic heterocycles. The summed E-state index contributed by atoms with van der Waals surface area (Å²) in [6.45, 7) is 4.90. The lowest BCUT2D eigenvalue weighted by Gasteiger charge is -2.05. The van der Waals surface area contributed by atoms with Crippen molar-refractivity contribution in [2.75, 3.05) is 19.6 Å². The molecule has 0 aromatic carbocycles. The fraction of sp³-hybridized carbons (Fsp3) is 1.00. The molecule has 0 amide bonds. The first-order valence-corrected chi connectivity index (χ1v) is 2.99. The number of hydrogen-bond donors (Lipinski definition) is 2. The quantitative estimate of drug-likeness (QED) is 0.447. The first kappa shape index (κ1) is 6.01. The van der Waals surface area contributed by atoms with Crippen molar-refractivity contribution in [2.45, 2.75) is 13.0 Å². The second-order valence-electron chi connectivity index (χ2n) is 2.03. The van der Waals surface area contributed by atoms with Crippen LogP contribution in [0.2, 0.25) is 0 Å². The second kappa shape index (κ2) is 3.02. The van der Waals surface area contributed by atoms with Crippen molar-refractivity contribution in [1.82, 2.24) is 10.8 Å². The summed E-state index contributed by atoms with van der Waals surface area (Å²) in [5.74, 6) is 0. The average Bonchev–Trinajstić information content (AvgIpc) is 1.94. The summed E-state index contributed by atoms with van der Waals surface area (Å²) in [4.78, 5) is 5.09. The highest BCUT2D eigenvalue weighted by atomic mass is 16.7. The lowest BCUT2D eigenvalue weighted by molar-refractivity contribution is 0.000596. The van der Waals surface area contributed by atoms with E-state index in [1.54, 1.807) is 0 Å².